The Morgan fingerprint density at radius 1 is 1.27 bits per heavy atom. The molecule has 7 heteroatoms. The molecule has 0 amide bonds. The average molecular weight is 323 g/mol. The number of nitrogens with two attached hydrogens (primary N) is 1. The van der Waals surface area contributed by atoms with Gasteiger partial charge >= 0.3 is 5.97 Å². The van der Waals surface area contributed by atoms with E-state index in [0.29, 0.717) is 16.3 Å². The molecule has 2 rings (SSSR count). The van der Waals surface area contributed by atoms with E-state index in [4.69, 9.17) is 26.9 Å². The highest BCUT2D eigenvalue weighted by Gasteiger charge is 2.12. The van der Waals surface area contributed by atoms with Gasteiger partial charge in [-0.1, -0.05) is 22.8 Å². The number of rotatable bonds is 4. The Kier molecular flexibility index (Phi) is 4.95. The van der Waals surface area contributed by atoms with Gasteiger partial charge in [0, 0.05) is 5.02 Å². The molecular weight excluding hydrogens is 311 g/mol. The number of amidine groups is 1. The van der Waals surface area contributed by atoms with Crippen molar-refractivity contribution in [3.8, 4) is 5.75 Å². The van der Waals surface area contributed by atoms with Gasteiger partial charge in [-0.2, -0.15) is 0 Å². The van der Waals surface area contributed by atoms with Crippen molar-refractivity contribution >= 4 is 23.4 Å². The minimum atomic E-state index is -0.830. The topological polar surface area (TPSA) is 73.9 Å². The standard InChI is InChI=1S/C15H12ClFN2O3/c1-21-13-6-5-10(16)8-12(13)14(18)19-22-15(20)9-3-2-4-11(17)7-9/h2-8H,1H3,(H2,18,19). The highest BCUT2D eigenvalue weighted by molar-refractivity contribution is 6.31. The van der Waals surface area contributed by atoms with E-state index in [1.165, 1.54) is 31.4 Å². The maximum absolute atomic E-state index is 13.0. The van der Waals surface area contributed by atoms with Crippen LogP contribution < -0.4 is 10.5 Å². The molecule has 0 aromatic heterocycles. The van der Waals surface area contributed by atoms with Crippen LogP contribution in [0.5, 0.6) is 5.75 Å². The average Bonchev–Trinajstić information content (AvgIpc) is 2.52. The fraction of sp³-hybridized carbons (Fsp3) is 0.0667. The van der Waals surface area contributed by atoms with Crippen molar-refractivity contribution in [3.05, 3.63) is 64.4 Å². The summed E-state index contributed by atoms with van der Waals surface area (Å²) in [4.78, 5) is 16.4. The second-order valence-electron chi connectivity index (χ2n) is 4.21. The molecule has 0 bridgehead atoms. The fourth-order valence-corrected chi connectivity index (χ4v) is 1.86. The molecule has 2 aromatic rings. The minimum Gasteiger partial charge on any atom is -0.496 e. The van der Waals surface area contributed by atoms with E-state index in [9.17, 15) is 9.18 Å². The SMILES string of the molecule is COc1ccc(Cl)cc1/C(N)=N/OC(=O)c1cccc(F)c1. The number of hydrogen-bond acceptors (Lipinski definition) is 4. The maximum atomic E-state index is 13.0. The van der Waals surface area contributed by atoms with Crippen LogP contribution in [0, 0.1) is 5.82 Å². The summed E-state index contributed by atoms with van der Waals surface area (Å²) in [7, 11) is 1.46. The molecule has 0 aliphatic rings. The molecule has 0 heterocycles. The van der Waals surface area contributed by atoms with Gasteiger partial charge in [-0.15, -0.1) is 0 Å². The predicted octanol–water partition coefficient (Wildman–Crippen LogP) is 2.97. The third-order valence-electron chi connectivity index (χ3n) is 2.72. The lowest BCUT2D eigenvalue weighted by Crippen LogP contribution is -2.16. The normalized spacial score (nSPS) is 11.1. The second-order valence-corrected chi connectivity index (χ2v) is 4.65. The Hall–Kier alpha value is -2.60. The summed E-state index contributed by atoms with van der Waals surface area (Å²) in [6, 6.07) is 9.79. The van der Waals surface area contributed by atoms with Crippen molar-refractivity contribution in [3.63, 3.8) is 0 Å². The molecule has 0 saturated carbocycles. The number of nitrogens with zero attached hydrogens (tertiary/aromatic N) is 1. The smallest absolute Gasteiger partial charge is 0.365 e. The van der Waals surface area contributed by atoms with E-state index in [1.807, 2.05) is 0 Å². The Bertz CT molecular complexity index is 734. The lowest BCUT2D eigenvalue weighted by Gasteiger charge is -2.07. The third-order valence-corrected chi connectivity index (χ3v) is 2.96. The molecule has 22 heavy (non-hydrogen) atoms. The molecule has 0 saturated heterocycles. The quantitative estimate of drug-likeness (QED) is 0.406. The van der Waals surface area contributed by atoms with Gasteiger partial charge in [0.25, 0.3) is 0 Å². The zero-order valence-corrected chi connectivity index (χ0v) is 12.3. The molecule has 5 nitrogen and oxygen atoms in total. The number of ether oxygens (including phenoxy) is 1. The molecule has 114 valence electrons. The highest BCUT2D eigenvalue weighted by atomic mass is 35.5. The lowest BCUT2D eigenvalue weighted by atomic mass is 10.2. The van der Waals surface area contributed by atoms with E-state index in [-0.39, 0.29) is 11.4 Å². The zero-order chi connectivity index (χ0) is 16.1. The summed E-state index contributed by atoms with van der Waals surface area (Å²) in [6.45, 7) is 0. The summed E-state index contributed by atoms with van der Waals surface area (Å²) in [6.07, 6.45) is 0. The molecule has 0 aliphatic carbocycles. The zero-order valence-electron chi connectivity index (χ0n) is 11.5. The van der Waals surface area contributed by atoms with Crippen LogP contribution in [0.25, 0.3) is 0 Å². The van der Waals surface area contributed by atoms with Gasteiger partial charge in [0.2, 0.25) is 0 Å². The van der Waals surface area contributed by atoms with Gasteiger partial charge in [0.05, 0.1) is 18.2 Å². The molecule has 2 aromatic carbocycles. The van der Waals surface area contributed by atoms with E-state index < -0.39 is 11.8 Å². The minimum absolute atomic E-state index is 0.0228. The van der Waals surface area contributed by atoms with Crippen LogP contribution >= 0.6 is 11.6 Å². The number of hydrogen-bond donors (Lipinski definition) is 1. The predicted molar refractivity (Wildman–Crippen MR) is 80.5 cm³/mol. The van der Waals surface area contributed by atoms with Crippen LogP contribution in [0.1, 0.15) is 15.9 Å². The second kappa shape index (κ2) is 6.91. The molecule has 0 radical (unpaired) electrons. The van der Waals surface area contributed by atoms with Crippen molar-refractivity contribution in [2.24, 2.45) is 10.9 Å². The van der Waals surface area contributed by atoms with Crippen molar-refractivity contribution in [1.82, 2.24) is 0 Å². The fourth-order valence-electron chi connectivity index (χ4n) is 1.69. The monoisotopic (exact) mass is 322 g/mol. The number of halogens is 2. The van der Waals surface area contributed by atoms with Crippen molar-refractivity contribution in [2.75, 3.05) is 7.11 Å². The van der Waals surface area contributed by atoms with Crippen molar-refractivity contribution in [1.29, 1.82) is 0 Å². The summed E-state index contributed by atoms with van der Waals surface area (Å²) in [5, 5.41) is 3.96. The van der Waals surface area contributed by atoms with Crippen LogP contribution in [-0.4, -0.2) is 18.9 Å². The van der Waals surface area contributed by atoms with Crippen molar-refractivity contribution in [2.45, 2.75) is 0 Å². The molecule has 0 atom stereocenters. The van der Waals surface area contributed by atoms with E-state index in [1.54, 1.807) is 12.1 Å². The summed E-state index contributed by atoms with van der Waals surface area (Å²) in [5.74, 6) is -1.05. The number of carbonyl (C=O) groups excluding carboxylic acids is 1. The molecule has 0 spiro atoms. The van der Waals surface area contributed by atoms with Gasteiger partial charge in [0.15, 0.2) is 5.84 Å². The van der Waals surface area contributed by atoms with Crippen LogP contribution in [0.4, 0.5) is 4.39 Å². The Morgan fingerprint density at radius 3 is 2.73 bits per heavy atom. The molecule has 0 fully saturated rings. The largest absolute Gasteiger partial charge is 0.496 e. The first-order valence-electron chi connectivity index (χ1n) is 6.15. The highest BCUT2D eigenvalue weighted by Crippen LogP contribution is 2.22. The van der Waals surface area contributed by atoms with Gasteiger partial charge in [-0.25, -0.2) is 9.18 Å². The number of oxime groups is 1. The summed E-state index contributed by atoms with van der Waals surface area (Å²) in [5.41, 5.74) is 6.16. The van der Waals surface area contributed by atoms with Crippen LogP contribution in [0.15, 0.2) is 47.6 Å². The third kappa shape index (κ3) is 3.73. The van der Waals surface area contributed by atoms with E-state index in [0.717, 1.165) is 6.07 Å². The molecule has 2 N–H and O–H groups in total. The summed E-state index contributed by atoms with van der Waals surface area (Å²) < 4.78 is 18.2. The maximum Gasteiger partial charge on any atom is 0.365 e. The van der Waals surface area contributed by atoms with Crippen LogP contribution in [-0.2, 0) is 4.84 Å². The molecule has 0 unspecified atom stereocenters. The van der Waals surface area contributed by atoms with E-state index in [2.05, 4.69) is 5.16 Å². The van der Waals surface area contributed by atoms with Gasteiger partial charge in [-0.3, -0.25) is 0 Å². The number of benzene rings is 2. The number of carbonyl (C=O) groups is 1. The molecule has 0 aliphatic heterocycles. The first kappa shape index (κ1) is 15.8. The Labute approximate surface area is 131 Å². The number of methoxy groups -OCH3 is 1. The van der Waals surface area contributed by atoms with E-state index >= 15 is 0 Å². The Balaban J connectivity index is 2.19. The lowest BCUT2D eigenvalue weighted by molar-refractivity contribution is 0.0515. The van der Waals surface area contributed by atoms with Gasteiger partial charge in [0.1, 0.15) is 11.6 Å². The first-order valence-corrected chi connectivity index (χ1v) is 6.53. The molecular formula is C15H12ClFN2O3. The van der Waals surface area contributed by atoms with Crippen LogP contribution in [0.3, 0.4) is 0 Å². The Morgan fingerprint density at radius 2 is 2.05 bits per heavy atom. The van der Waals surface area contributed by atoms with Crippen LogP contribution in [0.2, 0.25) is 5.02 Å². The van der Waals surface area contributed by atoms with Gasteiger partial charge in [-0.05, 0) is 36.4 Å². The van der Waals surface area contributed by atoms with Gasteiger partial charge < -0.3 is 15.3 Å². The first-order chi connectivity index (χ1) is 10.5. The van der Waals surface area contributed by atoms with Crippen molar-refractivity contribution < 1.29 is 18.8 Å². The summed E-state index contributed by atoms with van der Waals surface area (Å²) >= 11 is 5.88.